The van der Waals surface area contributed by atoms with Crippen LogP contribution in [-0.4, -0.2) is 50.5 Å². The molecular formula is C27H35ClF3N3O4S. The highest BCUT2D eigenvalue weighted by atomic mass is 35.5. The van der Waals surface area contributed by atoms with E-state index in [0.717, 1.165) is 47.2 Å². The minimum atomic E-state index is -4.63. The second-order valence-electron chi connectivity index (χ2n) is 9.20. The van der Waals surface area contributed by atoms with Crippen molar-refractivity contribution in [2.24, 2.45) is 0 Å². The third-order valence-electron chi connectivity index (χ3n) is 6.10. The molecule has 7 nitrogen and oxygen atoms in total. The molecule has 39 heavy (non-hydrogen) atoms. The maximum atomic E-state index is 13.4. The molecule has 12 heteroatoms. The predicted octanol–water partition coefficient (Wildman–Crippen LogP) is 5.63. The van der Waals surface area contributed by atoms with Crippen molar-refractivity contribution < 1.29 is 31.2 Å². The smallest absolute Gasteiger partial charge is 0.354 e. The van der Waals surface area contributed by atoms with Gasteiger partial charge in [-0.1, -0.05) is 50.1 Å². The Morgan fingerprint density at radius 1 is 1.05 bits per heavy atom. The Hall–Kier alpha value is -2.79. The number of benzene rings is 2. The fraction of sp³-hybridized carbons (Fsp3) is 0.481. The zero-order valence-electron chi connectivity index (χ0n) is 22.3. The van der Waals surface area contributed by atoms with Crippen molar-refractivity contribution in [1.82, 2.24) is 10.2 Å². The number of unbranched alkanes of at least 4 members (excludes halogenated alkanes) is 1. The highest BCUT2D eigenvalue weighted by Gasteiger charge is 2.32. The van der Waals surface area contributed by atoms with Gasteiger partial charge < -0.3 is 10.2 Å². The summed E-state index contributed by atoms with van der Waals surface area (Å²) in [7, 11) is -3.93. The second kappa shape index (κ2) is 14.6. The molecule has 216 valence electrons. The van der Waals surface area contributed by atoms with E-state index in [1.54, 1.807) is 31.2 Å². The van der Waals surface area contributed by atoms with Gasteiger partial charge in [-0.3, -0.25) is 13.9 Å². The van der Waals surface area contributed by atoms with Crippen molar-refractivity contribution in [3.63, 3.8) is 0 Å². The SMILES string of the molecule is CCCCNC(=O)C(CC)N(Cc1ccc(Cl)cc1)C(=O)CCCN(c1cccc(C(F)(F)F)c1)S(C)(=O)=O. The van der Waals surface area contributed by atoms with Gasteiger partial charge in [0, 0.05) is 31.1 Å². The molecule has 1 N–H and O–H groups in total. The Kier molecular flexibility index (Phi) is 12.1. The fourth-order valence-corrected chi connectivity index (χ4v) is 5.14. The fourth-order valence-electron chi connectivity index (χ4n) is 4.05. The van der Waals surface area contributed by atoms with E-state index in [0.29, 0.717) is 18.0 Å². The number of amides is 2. The van der Waals surface area contributed by atoms with Crippen molar-refractivity contribution in [3.05, 3.63) is 64.7 Å². The van der Waals surface area contributed by atoms with E-state index in [9.17, 15) is 31.2 Å². The zero-order chi connectivity index (χ0) is 29.2. The van der Waals surface area contributed by atoms with Crippen LogP contribution < -0.4 is 9.62 Å². The molecule has 2 amide bonds. The lowest BCUT2D eigenvalue weighted by Crippen LogP contribution is -2.49. The minimum Gasteiger partial charge on any atom is -0.354 e. The van der Waals surface area contributed by atoms with E-state index >= 15 is 0 Å². The molecule has 0 saturated heterocycles. The van der Waals surface area contributed by atoms with Gasteiger partial charge in [-0.2, -0.15) is 13.2 Å². The van der Waals surface area contributed by atoms with Gasteiger partial charge in [0.05, 0.1) is 17.5 Å². The number of anilines is 1. The van der Waals surface area contributed by atoms with Gasteiger partial charge in [-0.25, -0.2) is 8.42 Å². The summed E-state index contributed by atoms with van der Waals surface area (Å²) in [6.45, 7) is 4.21. The van der Waals surface area contributed by atoms with Gasteiger partial charge in [0.15, 0.2) is 0 Å². The van der Waals surface area contributed by atoms with Gasteiger partial charge >= 0.3 is 6.18 Å². The van der Waals surface area contributed by atoms with Gasteiger partial charge in [0.25, 0.3) is 0 Å². The van der Waals surface area contributed by atoms with Crippen LogP contribution in [0.5, 0.6) is 0 Å². The lowest BCUT2D eigenvalue weighted by atomic mass is 10.1. The summed E-state index contributed by atoms with van der Waals surface area (Å²) in [4.78, 5) is 27.8. The highest BCUT2D eigenvalue weighted by molar-refractivity contribution is 7.92. The van der Waals surface area contributed by atoms with Crippen LogP contribution in [0.4, 0.5) is 18.9 Å². The molecule has 0 saturated carbocycles. The molecule has 0 spiro atoms. The molecule has 0 aliphatic heterocycles. The summed E-state index contributed by atoms with van der Waals surface area (Å²) >= 11 is 5.98. The van der Waals surface area contributed by atoms with E-state index in [-0.39, 0.29) is 43.4 Å². The first-order chi connectivity index (χ1) is 18.3. The number of sulfonamides is 1. The molecule has 0 bridgehead atoms. The number of rotatable bonds is 14. The largest absolute Gasteiger partial charge is 0.416 e. The van der Waals surface area contributed by atoms with Crippen molar-refractivity contribution in [1.29, 1.82) is 0 Å². The molecular weight excluding hydrogens is 555 g/mol. The number of hydrogen-bond acceptors (Lipinski definition) is 4. The van der Waals surface area contributed by atoms with Crippen LogP contribution in [0, 0.1) is 0 Å². The van der Waals surface area contributed by atoms with Crippen molar-refractivity contribution in [2.75, 3.05) is 23.7 Å². The summed E-state index contributed by atoms with van der Waals surface area (Å²) in [5.74, 6) is -0.657. The molecule has 0 heterocycles. The third kappa shape index (κ3) is 10.0. The van der Waals surface area contributed by atoms with Crippen LogP contribution in [0.3, 0.4) is 0 Å². The number of halogens is 4. The summed E-state index contributed by atoms with van der Waals surface area (Å²) < 4.78 is 65.3. The standard InChI is InChI=1S/C27H35ClF3N3O4S/c1-4-6-16-32-26(36)24(5-2)33(19-20-12-14-22(28)15-13-20)25(35)11-8-17-34(39(3,37)38)23-10-7-9-21(18-23)27(29,30)31/h7,9-10,12-15,18,24H,4-6,8,11,16-17,19H2,1-3H3,(H,32,36). The van der Waals surface area contributed by atoms with Crippen molar-refractivity contribution in [3.8, 4) is 0 Å². The van der Waals surface area contributed by atoms with Crippen LogP contribution in [0.2, 0.25) is 5.02 Å². The van der Waals surface area contributed by atoms with Gasteiger partial charge in [0.2, 0.25) is 21.8 Å². The summed E-state index contributed by atoms with van der Waals surface area (Å²) in [5.41, 5.74) is -0.354. The number of alkyl halides is 3. The van der Waals surface area contributed by atoms with E-state index in [1.165, 1.54) is 11.0 Å². The lowest BCUT2D eigenvalue weighted by molar-refractivity contribution is -0.141. The third-order valence-corrected chi connectivity index (χ3v) is 7.54. The normalized spacial score (nSPS) is 12.6. The second-order valence-corrected chi connectivity index (χ2v) is 11.5. The Bertz CT molecular complexity index is 1210. The molecule has 0 aromatic heterocycles. The first-order valence-corrected chi connectivity index (χ1v) is 15.0. The number of nitrogens with zero attached hydrogens (tertiary/aromatic N) is 2. The molecule has 1 unspecified atom stereocenters. The number of carbonyl (C=O) groups excluding carboxylic acids is 2. The number of carbonyl (C=O) groups is 2. The Morgan fingerprint density at radius 2 is 1.72 bits per heavy atom. The van der Waals surface area contributed by atoms with Crippen LogP contribution in [-0.2, 0) is 32.3 Å². The quantitative estimate of drug-likeness (QED) is 0.289. The van der Waals surface area contributed by atoms with Crippen LogP contribution in [0.15, 0.2) is 48.5 Å². The summed E-state index contributed by atoms with van der Waals surface area (Å²) in [6, 6.07) is 10.2. The maximum absolute atomic E-state index is 13.4. The van der Waals surface area contributed by atoms with Gasteiger partial charge in [-0.15, -0.1) is 0 Å². The minimum absolute atomic E-state index is 0.0349. The summed E-state index contributed by atoms with van der Waals surface area (Å²) in [6.07, 6.45) is -1.77. The average molecular weight is 590 g/mol. The molecule has 0 fully saturated rings. The van der Waals surface area contributed by atoms with Gasteiger partial charge in [-0.05, 0) is 55.2 Å². The average Bonchev–Trinajstić information content (AvgIpc) is 2.86. The first-order valence-electron chi connectivity index (χ1n) is 12.7. The Balaban J connectivity index is 2.23. The first kappa shape index (κ1) is 32.4. The predicted molar refractivity (Wildman–Crippen MR) is 147 cm³/mol. The van der Waals surface area contributed by atoms with E-state index < -0.39 is 27.8 Å². The molecule has 0 aliphatic carbocycles. The molecule has 0 aliphatic rings. The topological polar surface area (TPSA) is 86.8 Å². The Labute approximate surface area is 233 Å². The number of nitrogens with one attached hydrogen (secondary N) is 1. The van der Waals surface area contributed by atoms with E-state index in [4.69, 9.17) is 11.6 Å². The van der Waals surface area contributed by atoms with E-state index in [1.807, 2.05) is 6.92 Å². The van der Waals surface area contributed by atoms with Crippen molar-refractivity contribution >= 4 is 39.1 Å². The van der Waals surface area contributed by atoms with Crippen molar-refractivity contribution in [2.45, 2.75) is 64.7 Å². The van der Waals surface area contributed by atoms with Crippen LogP contribution in [0.25, 0.3) is 0 Å². The van der Waals surface area contributed by atoms with E-state index in [2.05, 4.69) is 5.32 Å². The molecule has 2 rings (SSSR count). The molecule has 0 radical (unpaired) electrons. The monoisotopic (exact) mass is 589 g/mol. The van der Waals surface area contributed by atoms with Crippen LogP contribution in [0.1, 0.15) is 57.1 Å². The zero-order valence-corrected chi connectivity index (χ0v) is 23.9. The Morgan fingerprint density at radius 3 is 2.28 bits per heavy atom. The molecule has 2 aromatic carbocycles. The number of hydrogen-bond donors (Lipinski definition) is 1. The summed E-state index contributed by atoms with van der Waals surface area (Å²) in [5, 5.41) is 3.39. The van der Waals surface area contributed by atoms with Crippen LogP contribution >= 0.6 is 11.6 Å². The lowest BCUT2D eigenvalue weighted by Gasteiger charge is -2.31. The molecule has 1 atom stereocenters. The highest BCUT2D eigenvalue weighted by Crippen LogP contribution is 2.32. The molecule has 2 aromatic rings. The van der Waals surface area contributed by atoms with Gasteiger partial charge in [0.1, 0.15) is 6.04 Å². The maximum Gasteiger partial charge on any atom is 0.416 e.